The van der Waals surface area contributed by atoms with E-state index < -0.39 is 6.10 Å². The molecular formula is C17H16N4O4. The van der Waals surface area contributed by atoms with E-state index in [0.29, 0.717) is 36.4 Å². The Morgan fingerprint density at radius 2 is 2.16 bits per heavy atom. The number of ether oxygens (including phenoxy) is 1. The van der Waals surface area contributed by atoms with Gasteiger partial charge in [0.05, 0.1) is 25.0 Å². The number of anilines is 1. The summed E-state index contributed by atoms with van der Waals surface area (Å²) in [4.78, 5) is 14.0. The molecule has 1 aliphatic heterocycles. The van der Waals surface area contributed by atoms with Crippen molar-refractivity contribution >= 4 is 11.6 Å². The number of hydrogen-bond acceptors (Lipinski definition) is 7. The van der Waals surface area contributed by atoms with Gasteiger partial charge in [-0.25, -0.2) is 0 Å². The zero-order chi connectivity index (χ0) is 17.2. The quantitative estimate of drug-likeness (QED) is 0.774. The monoisotopic (exact) mass is 340 g/mol. The molecule has 1 amide bonds. The summed E-state index contributed by atoms with van der Waals surface area (Å²) >= 11 is 0. The lowest BCUT2D eigenvalue weighted by atomic mass is 10.2. The van der Waals surface area contributed by atoms with E-state index in [-0.39, 0.29) is 5.91 Å². The molecule has 1 aromatic carbocycles. The number of nitrogens with one attached hydrogen (secondary N) is 1. The van der Waals surface area contributed by atoms with Crippen molar-refractivity contribution in [1.82, 2.24) is 15.5 Å². The highest BCUT2D eigenvalue weighted by atomic mass is 16.5. The number of rotatable bonds is 4. The molecule has 1 aliphatic rings. The van der Waals surface area contributed by atoms with Crippen molar-refractivity contribution in [3.63, 3.8) is 0 Å². The molecule has 25 heavy (non-hydrogen) atoms. The van der Waals surface area contributed by atoms with Crippen LogP contribution in [0, 0.1) is 0 Å². The number of fused-ring (bicyclic) bond motifs is 1. The summed E-state index contributed by atoms with van der Waals surface area (Å²) in [6, 6.07) is 11.1. The van der Waals surface area contributed by atoms with Crippen LogP contribution in [0.2, 0.25) is 0 Å². The summed E-state index contributed by atoms with van der Waals surface area (Å²) in [6.45, 7) is 0.747. The molecule has 3 aromatic rings. The van der Waals surface area contributed by atoms with Crippen LogP contribution in [0.3, 0.4) is 0 Å². The molecule has 128 valence electrons. The second kappa shape index (κ2) is 6.31. The normalized spacial score (nSPS) is 16.2. The molecular weight excluding hydrogens is 324 g/mol. The first-order valence-corrected chi connectivity index (χ1v) is 7.83. The predicted octanol–water partition coefficient (Wildman–Crippen LogP) is 1.84. The molecule has 0 fully saturated rings. The van der Waals surface area contributed by atoms with Gasteiger partial charge < -0.3 is 23.8 Å². The third-order valence-corrected chi connectivity index (χ3v) is 3.93. The standard InChI is InChI=1S/C17H16N4O4/c1-18-16(22)14-9-21(11-5-2-3-6-12(11)24-14)10-15-19-20-17(25-15)13-7-4-8-23-13/h2-8,14H,9-10H2,1H3,(H,18,22)/t14-/m1/s1. The topological polar surface area (TPSA) is 93.6 Å². The summed E-state index contributed by atoms with van der Waals surface area (Å²) in [5.74, 6) is 1.74. The Bertz CT molecular complexity index is 874. The van der Waals surface area contributed by atoms with Crippen LogP contribution in [0.4, 0.5) is 5.69 Å². The molecule has 0 saturated carbocycles. The van der Waals surface area contributed by atoms with Gasteiger partial charge in [-0.2, -0.15) is 0 Å². The third-order valence-electron chi connectivity index (χ3n) is 3.93. The molecule has 3 heterocycles. The Morgan fingerprint density at radius 1 is 1.28 bits per heavy atom. The van der Waals surface area contributed by atoms with Gasteiger partial charge in [-0.1, -0.05) is 12.1 Å². The molecule has 0 spiro atoms. The second-order valence-electron chi connectivity index (χ2n) is 5.55. The minimum absolute atomic E-state index is 0.179. The van der Waals surface area contributed by atoms with Crippen molar-refractivity contribution in [3.05, 3.63) is 48.6 Å². The molecule has 0 bridgehead atoms. The molecule has 0 aliphatic carbocycles. The van der Waals surface area contributed by atoms with Gasteiger partial charge in [-0.05, 0) is 24.3 Å². The molecule has 2 aromatic heterocycles. The fourth-order valence-electron chi connectivity index (χ4n) is 2.73. The number of furan rings is 1. The van der Waals surface area contributed by atoms with E-state index in [2.05, 4.69) is 15.5 Å². The van der Waals surface area contributed by atoms with Gasteiger partial charge in [0.1, 0.15) is 5.75 Å². The molecule has 8 nitrogen and oxygen atoms in total. The number of aromatic nitrogens is 2. The summed E-state index contributed by atoms with van der Waals surface area (Å²) in [7, 11) is 1.59. The molecule has 1 atom stereocenters. The van der Waals surface area contributed by atoms with E-state index in [0.717, 1.165) is 5.69 Å². The first kappa shape index (κ1) is 15.3. The van der Waals surface area contributed by atoms with Crippen molar-refractivity contribution in [2.75, 3.05) is 18.5 Å². The summed E-state index contributed by atoms with van der Waals surface area (Å²) < 4.78 is 16.7. The molecule has 8 heteroatoms. The van der Waals surface area contributed by atoms with Crippen molar-refractivity contribution in [2.24, 2.45) is 0 Å². The van der Waals surface area contributed by atoms with Crippen LogP contribution < -0.4 is 15.0 Å². The van der Waals surface area contributed by atoms with Crippen molar-refractivity contribution in [2.45, 2.75) is 12.6 Å². The number of carbonyl (C=O) groups is 1. The minimum atomic E-state index is -0.604. The first-order chi connectivity index (χ1) is 12.2. The summed E-state index contributed by atoms with van der Waals surface area (Å²) in [5, 5.41) is 10.7. The van der Waals surface area contributed by atoms with Crippen LogP contribution in [0.25, 0.3) is 11.7 Å². The van der Waals surface area contributed by atoms with Gasteiger partial charge in [-0.3, -0.25) is 4.79 Å². The van der Waals surface area contributed by atoms with Gasteiger partial charge in [-0.15, -0.1) is 10.2 Å². The number of likely N-dealkylation sites (N-methyl/N-ethyl adjacent to an activating group) is 1. The van der Waals surface area contributed by atoms with Crippen molar-refractivity contribution in [1.29, 1.82) is 0 Å². The lowest BCUT2D eigenvalue weighted by Gasteiger charge is -2.34. The van der Waals surface area contributed by atoms with Crippen LogP contribution in [0.5, 0.6) is 5.75 Å². The first-order valence-electron chi connectivity index (χ1n) is 7.83. The van der Waals surface area contributed by atoms with Crippen LogP contribution in [-0.2, 0) is 11.3 Å². The van der Waals surface area contributed by atoms with E-state index in [4.69, 9.17) is 13.6 Å². The third kappa shape index (κ3) is 2.93. The van der Waals surface area contributed by atoms with Crippen LogP contribution in [0.1, 0.15) is 5.89 Å². The number of para-hydroxylation sites is 2. The summed E-state index contributed by atoms with van der Waals surface area (Å²) in [5.41, 5.74) is 0.875. The van der Waals surface area contributed by atoms with Crippen LogP contribution in [-0.4, -0.2) is 35.8 Å². The minimum Gasteiger partial charge on any atom is -0.477 e. The Balaban J connectivity index is 1.59. The Kier molecular flexibility index (Phi) is 3.85. The Hall–Kier alpha value is -3.29. The summed E-state index contributed by atoms with van der Waals surface area (Å²) in [6.07, 6.45) is 0.943. The van der Waals surface area contributed by atoms with Crippen molar-refractivity contribution in [3.8, 4) is 17.4 Å². The van der Waals surface area contributed by atoms with Crippen LogP contribution in [0.15, 0.2) is 51.5 Å². The van der Waals surface area contributed by atoms with Crippen molar-refractivity contribution < 1.29 is 18.4 Å². The van der Waals surface area contributed by atoms with Gasteiger partial charge in [0.2, 0.25) is 5.89 Å². The average Bonchev–Trinajstić information content (AvgIpc) is 3.32. The van der Waals surface area contributed by atoms with Gasteiger partial charge in [0.15, 0.2) is 11.9 Å². The largest absolute Gasteiger partial charge is 0.477 e. The maximum absolute atomic E-state index is 12.0. The van der Waals surface area contributed by atoms with Gasteiger partial charge in [0.25, 0.3) is 11.8 Å². The number of nitrogens with zero attached hydrogens (tertiary/aromatic N) is 3. The lowest BCUT2D eigenvalue weighted by Crippen LogP contribution is -2.48. The zero-order valence-electron chi connectivity index (χ0n) is 13.5. The number of amides is 1. The SMILES string of the molecule is CNC(=O)[C@H]1CN(Cc2nnc(-c3ccco3)o2)c2ccccc2O1. The molecule has 4 rings (SSSR count). The smallest absolute Gasteiger partial charge is 0.283 e. The van der Waals surface area contributed by atoms with E-state index in [1.165, 1.54) is 0 Å². The van der Waals surface area contributed by atoms with E-state index >= 15 is 0 Å². The fourth-order valence-corrected chi connectivity index (χ4v) is 2.73. The highest BCUT2D eigenvalue weighted by molar-refractivity contribution is 5.83. The van der Waals surface area contributed by atoms with E-state index in [1.54, 1.807) is 25.4 Å². The maximum atomic E-state index is 12.0. The van der Waals surface area contributed by atoms with Gasteiger partial charge in [0, 0.05) is 7.05 Å². The van der Waals surface area contributed by atoms with E-state index in [1.807, 2.05) is 29.2 Å². The van der Waals surface area contributed by atoms with E-state index in [9.17, 15) is 4.79 Å². The fraction of sp³-hybridized carbons (Fsp3) is 0.235. The molecule has 0 unspecified atom stereocenters. The lowest BCUT2D eigenvalue weighted by molar-refractivity contribution is -0.127. The predicted molar refractivity (Wildman–Crippen MR) is 88.0 cm³/mol. The highest BCUT2D eigenvalue weighted by Crippen LogP contribution is 2.34. The average molecular weight is 340 g/mol. The maximum Gasteiger partial charge on any atom is 0.283 e. The number of benzene rings is 1. The number of carbonyl (C=O) groups excluding carboxylic acids is 1. The van der Waals surface area contributed by atoms with Crippen LogP contribution >= 0.6 is 0 Å². The Morgan fingerprint density at radius 3 is 2.96 bits per heavy atom. The highest BCUT2D eigenvalue weighted by Gasteiger charge is 2.31. The number of hydrogen-bond donors (Lipinski definition) is 1. The zero-order valence-corrected chi connectivity index (χ0v) is 13.5. The second-order valence-corrected chi connectivity index (χ2v) is 5.55. The molecule has 1 N–H and O–H groups in total. The molecule has 0 saturated heterocycles. The molecule has 0 radical (unpaired) electrons. The Labute approximate surface area is 143 Å². The van der Waals surface area contributed by atoms with Gasteiger partial charge >= 0.3 is 0 Å².